The van der Waals surface area contributed by atoms with Crippen molar-refractivity contribution in [1.29, 1.82) is 0 Å². The maximum absolute atomic E-state index is 12.7. The predicted octanol–water partition coefficient (Wildman–Crippen LogP) is 1.16. The Morgan fingerprint density at radius 3 is 2.86 bits per heavy atom. The lowest BCUT2D eigenvalue weighted by Crippen LogP contribution is -2.38. The van der Waals surface area contributed by atoms with Gasteiger partial charge >= 0.3 is 0 Å². The summed E-state index contributed by atoms with van der Waals surface area (Å²) < 4.78 is 6.79. The van der Waals surface area contributed by atoms with Gasteiger partial charge in [0.05, 0.1) is 13.2 Å². The average Bonchev–Trinajstić information content (AvgIpc) is 2.74. The molecule has 1 saturated heterocycles. The fourth-order valence-corrected chi connectivity index (χ4v) is 3.30. The van der Waals surface area contributed by atoms with Gasteiger partial charge in [-0.1, -0.05) is 12.1 Å². The fraction of sp³-hybridized carbons (Fsp3) is 0.300. The number of carbonyl (C=O) groups excluding carboxylic acids is 1. The molecule has 1 fully saturated rings. The highest BCUT2D eigenvalue weighted by Crippen LogP contribution is 2.18. The first-order valence-corrected chi connectivity index (χ1v) is 9.17. The van der Waals surface area contributed by atoms with Crippen LogP contribution >= 0.6 is 0 Å². The molecule has 0 saturated carbocycles. The van der Waals surface area contributed by atoms with E-state index in [0.29, 0.717) is 18.9 Å². The van der Waals surface area contributed by atoms with Crippen LogP contribution in [0.1, 0.15) is 21.5 Å². The first-order chi connectivity index (χ1) is 13.6. The van der Waals surface area contributed by atoms with Gasteiger partial charge in [0.2, 0.25) is 0 Å². The average molecular weight is 379 g/mol. The summed E-state index contributed by atoms with van der Waals surface area (Å²) in [6, 6.07) is 7.39. The Morgan fingerprint density at radius 1 is 1.21 bits per heavy atom. The van der Waals surface area contributed by atoms with Crippen LogP contribution in [0.25, 0.3) is 5.65 Å². The number of pyridine rings is 2. The summed E-state index contributed by atoms with van der Waals surface area (Å²) >= 11 is 0. The van der Waals surface area contributed by atoms with E-state index in [1.165, 1.54) is 10.6 Å². The van der Waals surface area contributed by atoms with E-state index in [1.54, 1.807) is 18.5 Å². The van der Waals surface area contributed by atoms with Crippen molar-refractivity contribution in [3.8, 4) is 0 Å². The van der Waals surface area contributed by atoms with E-state index in [0.717, 1.165) is 30.0 Å². The minimum atomic E-state index is -0.454. The van der Waals surface area contributed by atoms with Crippen molar-refractivity contribution < 1.29 is 9.53 Å². The smallest absolute Gasteiger partial charge is 0.270 e. The van der Waals surface area contributed by atoms with Gasteiger partial charge in [-0.2, -0.15) is 0 Å². The SMILES string of the molecule is Cc1cccn2c(=O)c(C(=O)NCc3cccnc3N3CCOCC3)cnc12. The van der Waals surface area contributed by atoms with Crippen LogP contribution in [0.15, 0.2) is 47.7 Å². The zero-order valence-corrected chi connectivity index (χ0v) is 15.6. The normalized spacial score (nSPS) is 14.2. The Bertz CT molecular complexity index is 1070. The lowest BCUT2D eigenvalue weighted by molar-refractivity contribution is 0.0948. The number of fused-ring (bicyclic) bond motifs is 1. The van der Waals surface area contributed by atoms with E-state index in [2.05, 4.69) is 20.2 Å². The molecule has 3 aromatic rings. The van der Waals surface area contributed by atoms with Gasteiger partial charge in [0.1, 0.15) is 17.0 Å². The van der Waals surface area contributed by atoms with Crippen LogP contribution in [0, 0.1) is 6.92 Å². The molecule has 28 heavy (non-hydrogen) atoms. The molecule has 1 aliphatic rings. The minimum Gasteiger partial charge on any atom is -0.378 e. The molecule has 0 aliphatic carbocycles. The molecule has 8 heteroatoms. The highest BCUT2D eigenvalue weighted by atomic mass is 16.5. The van der Waals surface area contributed by atoms with Crippen LogP contribution in [-0.4, -0.2) is 46.6 Å². The summed E-state index contributed by atoms with van der Waals surface area (Å²) in [5.41, 5.74) is 1.94. The maximum Gasteiger partial charge on any atom is 0.270 e. The number of amides is 1. The van der Waals surface area contributed by atoms with Crippen molar-refractivity contribution in [3.63, 3.8) is 0 Å². The van der Waals surface area contributed by atoms with Gasteiger partial charge in [-0.25, -0.2) is 9.97 Å². The number of aromatic nitrogens is 3. The molecular weight excluding hydrogens is 358 g/mol. The number of anilines is 1. The highest BCUT2D eigenvalue weighted by molar-refractivity contribution is 5.93. The van der Waals surface area contributed by atoms with E-state index >= 15 is 0 Å². The number of hydrogen-bond donors (Lipinski definition) is 1. The third-order valence-electron chi connectivity index (χ3n) is 4.79. The van der Waals surface area contributed by atoms with Gasteiger partial charge in [0.15, 0.2) is 0 Å². The van der Waals surface area contributed by atoms with E-state index in [-0.39, 0.29) is 17.7 Å². The molecule has 0 bridgehead atoms. The number of hydrogen-bond acceptors (Lipinski definition) is 6. The zero-order valence-electron chi connectivity index (χ0n) is 15.6. The van der Waals surface area contributed by atoms with Crippen LogP contribution in [0.2, 0.25) is 0 Å². The van der Waals surface area contributed by atoms with Crippen molar-refractivity contribution in [3.05, 3.63) is 69.9 Å². The monoisotopic (exact) mass is 379 g/mol. The summed E-state index contributed by atoms with van der Waals surface area (Å²) in [6.07, 6.45) is 4.69. The second kappa shape index (κ2) is 7.77. The molecule has 0 aromatic carbocycles. The Labute approximate surface area is 161 Å². The Hall–Kier alpha value is -3.26. The van der Waals surface area contributed by atoms with Crippen molar-refractivity contribution in [2.24, 2.45) is 0 Å². The molecule has 3 aromatic heterocycles. The van der Waals surface area contributed by atoms with Crippen molar-refractivity contribution in [1.82, 2.24) is 19.7 Å². The molecule has 4 heterocycles. The number of aryl methyl sites for hydroxylation is 1. The standard InChI is InChI=1S/C20H21N5O3/c1-14-4-3-7-25-17(14)22-13-16(20(25)27)19(26)23-12-15-5-2-6-21-18(15)24-8-10-28-11-9-24/h2-7,13H,8-12H2,1H3,(H,23,26). The molecular formula is C20H21N5O3. The Balaban J connectivity index is 1.55. The van der Waals surface area contributed by atoms with Gasteiger partial charge in [-0.05, 0) is 24.6 Å². The van der Waals surface area contributed by atoms with E-state index in [1.807, 2.05) is 25.1 Å². The van der Waals surface area contributed by atoms with Crippen LogP contribution in [0.3, 0.4) is 0 Å². The topological polar surface area (TPSA) is 88.8 Å². The molecule has 0 unspecified atom stereocenters. The molecule has 0 atom stereocenters. The van der Waals surface area contributed by atoms with Gasteiger partial charge in [-0.3, -0.25) is 14.0 Å². The number of morpholine rings is 1. The molecule has 0 radical (unpaired) electrons. The Kier molecular flexibility index (Phi) is 5.03. The number of ether oxygens (including phenoxy) is 1. The zero-order chi connectivity index (χ0) is 19.5. The lowest BCUT2D eigenvalue weighted by Gasteiger charge is -2.29. The minimum absolute atomic E-state index is 0.0138. The van der Waals surface area contributed by atoms with Gasteiger partial charge < -0.3 is 15.0 Å². The summed E-state index contributed by atoms with van der Waals surface area (Å²) in [7, 11) is 0. The number of rotatable bonds is 4. The maximum atomic E-state index is 12.7. The number of carbonyl (C=O) groups is 1. The van der Waals surface area contributed by atoms with Crippen LogP contribution in [0.4, 0.5) is 5.82 Å². The first kappa shape index (κ1) is 18.1. The largest absolute Gasteiger partial charge is 0.378 e. The fourth-order valence-electron chi connectivity index (χ4n) is 3.30. The van der Waals surface area contributed by atoms with E-state index in [9.17, 15) is 9.59 Å². The Morgan fingerprint density at radius 2 is 2.04 bits per heavy atom. The van der Waals surface area contributed by atoms with Gasteiger partial charge in [0, 0.05) is 43.8 Å². The molecule has 1 amide bonds. The van der Waals surface area contributed by atoms with Crippen molar-refractivity contribution in [2.75, 3.05) is 31.2 Å². The molecule has 8 nitrogen and oxygen atoms in total. The van der Waals surface area contributed by atoms with Gasteiger partial charge in [-0.15, -0.1) is 0 Å². The quantitative estimate of drug-likeness (QED) is 0.732. The highest BCUT2D eigenvalue weighted by Gasteiger charge is 2.18. The molecule has 144 valence electrons. The van der Waals surface area contributed by atoms with Gasteiger partial charge in [0.25, 0.3) is 11.5 Å². The van der Waals surface area contributed by atoms with Crippen LogP contribution < -0.4 is 15.8 Å². The lowest BCUT2D eigenvalue weighted by atomic mass is 10.2. The second-order valence-corrected chi connectivity index (χ2v) is 6.63. The summed E-state index contributed by atoms with van der Waals surface area (Å²) in [6.45, 7) is 4.97. The molecule has 1 N–H and O–H groups in total. The number of nitrogens with one attached hydrogen (secondary N) is 1. The summed E-state index contributed by atoms with van der Waals surface area (Å²) in [4.78, 5) is 36.2. The molecule has 0 spiro atoms. The van der Waals surface area contributed by atoms with E-state index in [4.69, 9.17) is 4.74 Å². The third kappa shape index (κ3) is 3.46. The number of nitrogens with zero attached hydrogens (tertiary/aromatic N) is 4. The van der Waals surface area contributed by atoms with Crippen molar-refractivity contribution >= 4 is 17.4 Å². The third-order valence-corrected chi connectivity index (χ3v) is 4.79. The van der Waals surface area contributed by atoms with Crippen molar-refractivity contribution in [2.45, 2.75) is 13.5 Å². The predicted molar refractivity (Wildman–Crippen MR) is 105 cm³/mol. The van der Waals surface area contributed by atoms with Crippen LogP contribution in [0.5, 0.6) is 0 Å². The van der Waals surface area contributed by atoms with E-state index < -0.39 is 5.91 Å². The second-order valence-electron chi connectivity index (χ2n) is 6.63. The van der Waals surface area contributed by atoms with Crippen LogP contribution in [-0.2, 0) is 11.3 Å². The summed E-state index contributed by atoms with van der Waals surface area (Å²) in [5.74, 6) is 0.375. The molecule has 1 aliphatic heterocycles. The molecule has 4 rings (SSSR count). The first-order valence-electron chi connectivity index (χ1n) is 9.17. The summed E-state index contributed by atoms with van der Waals surface area (Å²) in [5, 5.41) is 2.82.